The molecule has 0 bridgehead atoms. The quantitative estimate of drug-likeness (QED) is 0.467. The van der Waals surface area contributed by atoms with Gasteiger partial charge in [-0.25, -0.2) is 4.39 Å². The van der Waals surface area contributed by atoms with Crippen LogP contribution >= 0.6 is 23.1 Å². The zero-order valence-corrected chi connectivity index (χ0v) is 14.5. The minimum absolute atomic E-state index is 0.162. The first-order chi connectivity index (χ1) is 10.8. The van der Waals surface area contributed by atoms with Crippen LogP contribution in [0.25, 0.3) is 0 Å². The first-order valence-corrected chi connectivity index (χ1v) is 9.53. The molecule has 0 saturated carbocycles. The maximum absolute atomic E-state index is 13.5. The summed E-state index contributed by atoms with van der Waals surface area (Å²) in [6.07, 6.45) is 6.31. The second kappa shape index (κ2) is 9.79. The molecule has 0 amide bonds. The average Bonchev–Trinajstić information content (AvgIpc) is 2.98. The Kier molecular flexibility index (Phi) is 7.66. The van der Waals surface area contributed by atoms with Crippen molar-refractivity contribution in [3.63, 3.8) is 0 Å². The molecule has 1 aromatic heterocycles. The number of nitrogens with zero attached hydrogens (tertiary/aromatic N) is 2. The fourth-order valence-electron chi connectivity index (χ4n) is 2.02. The number of thioether (sulfide) groups is 1. The normalized spacial score (nSPS) is 10.8. The summed E-state index contributed by atoms with van der Waals surface area (Å²) < 4.78 is 14.4. The van der Waals surface area contributed by atoms with Crippen molar-refractivity contribution >= 4 is 28.2 Å². The fraction of sp³-hybridized carbons (Fsp3) is 0.500. The van der Waals surface area contributed by atoms with Gasteiger partial charge < -0.3 is 5.32 Å². The highest BCUT2D eigenvalue weighted by atomic mass is 32.2. The predicted octanol–water partition coefficient (Wildman–Crippen LogP) is 5.35. The standard InChI is InChI=1S/C16H22FN3S2/c1-2-3-4-5-8-11-18-15-19-20-16(22-15)21-12-13-9-6-7-10-14(13)17/h6-7,9-10H,2-5,8,11-12H2,1H3,(H,18,19). The van der Waals surface area contributed by atoms with E-state index >= 15 is 0 Å². The Morgan fingerprint density at radius 1 is 1.14 bits per heavy atom. The molecular formula is C16H22FN3S2. The van der Waals surface area contributed by atoms with E-state index in [0.29, 0.717) is 11.3 Å². The summed E-state index contributed by atoms with van der Waals surface area (Å²) in [7, 11) is 0. The summed E-state index contributed by atoms with van der Waals surface area (Å²) in [5.41, 5.74) is 0.702. The molecule has 6 heteroatoms. The molecule has 2 rings (SSSR count). The van der Waals surface area contributed by atoms with Crippen LogP contribution in [0.15, 0.2) is 28.6 Å². The highest BCUT2D eigenvalue weighted by Crippen LogP contribution is 2.28. The molecule has 120 valence electrons. The maximum atomic E-state index is 13.5. The number of anilines is 1. The summed E-state index contributed by atoms with van der Waals surface area (Å²) in [4.78, 5) is 0. The SMILES string of the molecule is CCCCCCCNc1nnc(SCc2ccccc2F)s1. The molecule has 0 aliphatic carbocycles. The van der Waals surface area contributed by atoms with Gasteiger partial charge in [-0.3, -0.25) is 0 Å². The molecule has 0 fully saturated rings. The Hall–Kier alpha value is -1.14. The molecular weight excluding hydrogens is 317 g/mol. The lowest BCUT2D eigenvalue weighted by atomic mass is 10.1. The maximum Gasteiger partial charge on any atom is 0.206 e. The van der Waals surface area contributed by atoms with Gasteiger partial charge in [0.15, 0.2) is 4.34 Å². The Bertz CT molecular complexity index is 560. The van der Waals surface area contributed by atoms with Crippen LogP contribution in [0.1, 0.15) is 44.6 Å². The Labute approximate surface area is 139 Å². The third kappa shape index (κ3) is 5.93. The van der Waals surface area contributed by atoms with E-state index in [1.165, 1.54) is 54.8 Å². The lowest BCUT2D eigenvalue weighted by Gasteiger charge is -2.01. The lowest BCUT2D eigenvalue weighted by molar-refractivity contribution is 0.617. The van der Waals surface area contributed by atoms with Crippen LogP contribution in [0.4, 0.5) is 9.52 Å². The molecule has 22 heavy (non-hydrogen) atoms. The molecule has 0 spiro atoms. The molecule has 1 N–H and O–H groups in total. The van der Waals surface area contributed by atoms with Gasteiger partial charge in [-0.2, -0.15) is 0 Å². The second-order valence-electron chi connectivity index (χ2n) is 5.09. The average molecular weight is 340 g/mol. The van der Waals surface area contributed by atoms with Gasteiger partial charge in [0.2, 0.25) is 5.13 Å². The number of unbranched alkanes of at least 4 members (excludes halogenated alkanes) is 4. The first-order valence-electron chi connectivity index (χ1n) is 7.73. The predicted molar refractivity (Wildman–Crippen MR) is 93.1 cm³/mol. The van der Waals surface area contributed by atoms with Gasteiger partial charge in [0.1, 0.15) is 5.82 Å². The van der Waals surface area contributed by atoms with Gasteiger partial charge in [-0.05, 0) is 18.1 Å². The molecule has 0 saturated heterocycles. The first kappa shape index (κ1) is 17.2. The van der Waals surface area contributed by atoms with E-state index < -0.39 is 0 Å². The highest BCUT2D eigenvalue weighted by molar-refractivity contribution is 8.00. The zero-order valence-electron chi connectivity index (χ0n) is 12.8. The molecule has 2 aromatic rings. The number of benzene rings is 1. The zero-order chi connectivity index (χ0) is 15.6. The number of halogens is 1. The summed E-state index contributed by atoms with van der Waals surface area (Å²) in [5.74, 6) is 0.420. The van der Waals surface area contributed by atoms with E-state index in [9.17, 15) is 4.39 Å². The molecule has 0 radical (unpaired) electrons. The third-order valence-electron chi connectivity index (χ3n) is 3.27. The van der Waals surface area contributed by atoms with Gasteiger partial charge in [0.05, 0.1) is 0 Å². The van der Waals surface area contributed by atoms with Crippen LogP contribution in [0.2, 0.25) is 0 Å². The van der Waals surface area contributed by atoms with Crippen molar-refractivity contribution in [1.29, 1.82) is 0 Å². The molecule has 0 aliphatic heterocycles. The minimum Gasteiger partial charge on any atom is -0.360 e. The molecule has 0 aliphatic rings. The van der Waals surface area contributed by atoms with Crippen LogP contribution in [0, 0.1) is 5.82 Å². The molecule has 0 atom stereocenters. The Balaban J connectivity index is 1.69. The Morgan fingerprint density at radius 2 is 1.95 bits per heavy atom. The van der Waals surface area contributed by atoms with Gasteiger partial charge in [0, 0.05) is 12.3 Å². The molecule has 3 nitrogen and oxygen atoms in total. The van der Waals surface area contributed by atoms with Crippen molar-refractivity contribution in [1.82, 2.24) is 10.2 Å². The van der Waals surface area contributed by atoms with Crippen LogP contribution < -0.4 is 5.32 Å². The summed E-state index contributed by atoms with van der Waals surface area (Å²) in [6, 6.07) is 6.85. The van der Waals surface area contributed by atoms with Crippen molar-refractivity contribution in [3.8, 4) is 0 Å². The van der Waals surface area contributed by atoms with Crippen molar-refractivity contribution in [3.05, 3.63) is 35.6 Å². The Morgan fingerprint density at radius 3 is 2.77 bits per heavy atom. The van der Waals surface area contributed by atoms with E-state index in [2.05, 4.69) is 22.4 Å². The van der Waals surface area contributed by atoms with E-state index in [0.717, 1.165) is 22.4 Å². The largest absolute Gasteiger partial charge is 0.360 e. The van der Waals surface area contributed by atoms with E-state index in [1.54, 1.807) is 12.1 Å². The lowest BCUT2D eigenvalue weighted by Crippen LogP contribution is -2.00. The smallest absolute Gasteiger partial charge is 0.206 e. The van der Waals surface area contributed by atoms with E-state index in [1.807, 2.05) is 6.07 Å². The van der Waals surface area contributed by atoms with Gasteiger partial charge in [-0.15, -0.1) is 10.2 Å². The second-order valence-corrected chi connectivity index (χ2v) is 7.29. The van der Waals surface area contributed by atoms with Gasteiger partial charge >= 0.3 is 0 Å². The highest BCUT2D eigenvalue weighted by Gasteiger charge is 2.07. The number of nitrogens with one attached hydrogen (secondary N) is 1. The van der Waals surface area contributed by atoms with Crippen molar-refractivity contribution < 1.29 is 4.39 Å². The summed E-state index contributed by atoms with van der Waals surface area (Å²) in [5, 5.41) is 12.4. The van der Waals surface area contributed by atoms with Crippen molar-refractivity contribution in [2.75, 3.05) is 11.9 Å². The van der Waals surface area contributed by atoms with Crippen LogP contribution in [0.5, 0.6) is 0 Å². The minimum atomic E-state index is -0.162. The topological polar surface area (TPSA) is 37.8 Å². The fourth-order valence-corrected chi connectivity index (χ4v) is 3.78. The van der Waals surface area contributed by atoms with Crippen LogP contribution in [-0.4, -0.2) is 16.7 Å². The van der Waals surface area contributed by atoms with E-state index in [-0.39, 0.29) is 5.82 Å². The summed E-state index contributed by atoms with van der Waals surface area (Å²) >= 11 is 3.06. The van der Waals surface area contributed by atoms with Crippen LogP contribution in [0.3, 0.4) is 0 Å². The number of aromatic nitrogens is 2. The van der Waals surface area contributed by atoms with Gasteiger partial charge in [0.25, 0.3) is 0 Å². The molecule has 0 unspecified atom stereocenters. The van der Waals surface area contributed by atoms with E-state index in [4.69, 9.17) is 0 Å². The van der Waals surface area contributed by atoms with Gasteiger partial charge in [-0.1, -0.05) is 73.9 Å². The number of hydrogen-bond acceptors (Lipinski definition) is 5. The van der Waals surface area contributed by atoms with Crippen molar-refractivity contribution in [2.24, 2.45) is 0 Å². The van der Waals surface area contributed by atoms with Crippen molar-refractivity contribution in [2.45, 2.75) is 49.1 Å². The number of rotatable bonds is 10. The monoisotopic (exact) mass is 339 g/mol. The molecule has 1 aromatic carbocycles. The number of hydrogen-bond donors (Lipinski definition) is 1. The molecule has 1 heterocycles. The van der Waals surface area contributed by atoms with Crippen LogP contribution in [-0.2, 0) is 5.75 Å². The third-order valence-corrected chi connectivity index (χ3v) is 5.34. The summed E-state index contributed by atoms with van der Waals surface area (Å²) in [6.45, 7) is 3.16.